The van der Waals surface area contributed by atoms with E-state index in [4.69, 9.17) is 20.2 Å². The SMILES string of the molecule is C[C@](O)(CNC(=O)c1cc(OC2CC2)c2ncccc2c1)c1cc2c(c(-c3ccc(F)cc3)n1)OC[C@]2(C)C(=O)NCCNC(N)=O. The summed E-state index contributed by atoms with van der Waals surface area (Å²) in [5.74, 6) is -0.418. The van der Waals surface area contributed by atoms with Crippen molar-refractivity contribution in [3.63, 3.8) is 0 Å². The molecule has 244 valence electrons. The van der Waals surface area contributed by atoms with Gasteiger partial charge in [0.1, 0.15) is 46.1 Å². The monoisotopic (exact) mass is 642 g/mol. The largest absolute Gasteiger partial charge is 0.489 e. The first-order valence-electron chi connectivity index (χ1n) is 15.3. The van der Waals surface area contributed by atoms with Crippen LogP contribution >= 0.6 is 0 Å². The summed E-state index contributed by atoms with van der Waals surface area (Å²) in [5.41, 5.74) is 4.64. The lowest BCUT2D eigenvalue weighted by Crippen LogP contribution is -2.46. The molecule has 0 radical (unpaired) electrons. The molecule has 3 heterocycles. The quantitative estimate of drug-likeness (QED) is 0.155. The molecule has 0 unspecified atom stereocenters. The van der Waals surface area contributed by atoms with E-state index in [2.05, 4.69) is 20.9 Å². The number of aliphatic hydroxyl groups is 1. The van der Waals surface area contributed by atoms with Crippen LogP contribution in [0, 0.1) is 5.82 Å². The molecule has 1 aliphatic heterocycles. The second-order valence-electron chi connectivity index (χ2n) is 12.2. The molecular weight excluding hydrogens is 607 g/mol. The van der Waals surface area contributed by atoms with E-state index in [1.165, 1.54) is 31.2 Å². The molecule has 1 saturated carbocycles. The number of hydrogen-bond acceptors (Lipinski definition) is 8. The molecule has 0 bridgehead atoms. The molecule has 1 fully saturated rings. The smallest absolute Gasteiger partial charge is 0.312 e. The van der Waals surface area contributed by atoms with Crippen molar-refractivity contribution in [2.24, 2.45) is 5.73 Å². The standard InChI is InChI=1S/C34H35FN6O6/c1-33(31(43)38-12-13-39-32(36)44)18-46-29-24(33)16-26(41-28(29)19-5-7-22(35)8-6-19)34(2,45)17-40-30(42)21-14-20-4-3-11-37-27(20)25(15-21)47-23-9-10-23/h3-8,11,14-16,23,45H,9-10,12-13,17-18H2,1-2H3,(H,38,43)(H,40,42)(H3,36,39,44)/t33-,34-/m0/s1. The Kier molecular flexibility index (Phi) is 8.41. The van der Waals surface area contributed by atoms with Crippen LogP contribution in [0.5, 0.6) is 11.5 Å². The maximum absolute atomic E-state index is 13.8. The number of rotatable bonds is 11. The van der Waals surface area contributed by atoms with Crippen molar-refractivity contribution in [2.75, 3.05) is 26.2 Å². The highest BCUT2D eigenvalue weighted by Crippen LogP contribution is 2.45. The van der Waals surface area contributed by atoms with Gasteiger partial charge in [0.05, 0.1) is 18.3 Å². The summed E-state index contributed by atoms with van der Waals surface area (Å²) in [6, 6.07) is 13.5. The van der Waals surface area contributed by atoms with E-state index in [1.807, 2.05) is 6.07 Å². The minimum Gasteiger partial charge on any atom is -0.489 e. The number of fused-ring (bicyclic) bond motifs is 2. The summed E-state index contributed by atoms with van der Waals surface area (Å²) >= 11 is 0. The number of carbonyl (C=O) groups excluding carboxylic acids is 3. The third-order valence-corrected chi connectivity index (χ3v) is 8.30. The number of nitrogens with two attached hydrogens (primary N) is 1. The van der Waals surface area contributed by atoms with Gasteiger partial charge >= 0.3 is 6.03 Å². The van der Waals surface area contributed by atoms with Crippen LogP contribution < -0.4 is 31.2 Å². The number of primary amides is 1. The van der Waals surface area contributed by atoms with Crippen molar-refractivity contribution in [1.29, 1.82) is 0 Å². The Morgan fingerprint density at radius 3 is 2.57 bits per heavy atom. The average Bonchev–Trinajstić information content (AvgIpc) is 3.81. The molecule has 6 N–H and O–H groups in total. The van der Waals surface area contributed by atoms with Gasteiger partial charge in [0.15, 0.2) is 0 Å². The summed E-state index contributed by atoms with van der Waals surface area (Å²) in [6.07, 6.45) is 3.66. The number of aromatic nitrogens is 2. The van der Waals surface area contributed by atoms with E-state index in [-0.39, 0.29) is 43.9 Å². The van der Waals surface area contributed by atoms with Crippen LogP contribution in [-0.4, -0.2) is 65.3 Å². The number of hydrogen-bond donors (Lipinski definition) is 5. The fourth-order valence-corrected chi connectivity index (χ4v) is 5.40. The molecule has 0 saturated heterocycles. The Balaban J connectivity index is 1.29. The lowest BCUT2D eigenvalue weighted by molar-refractivity contribution is -0.126. The number of carbonyl (C=O) groups is 3. The maximum atomic E-state index is 13.8. The number of urea groups is 1. The van der Waals surface area contributed by atoms with E-state index in [0.29, 0.717) is 39.4 Å². The van der Waals surface area contributed by atoms with Crippen molar-refractivity contribution in [3.05, 3.63) is 83.4 Å². The number of nitrogens with one attached hydrogen (secondary N) is 3. The van der Waals surface area contributed by atoms with Crippen molar-refractivity contribution in [1.82, 2.24) is 25.9 Å². The molecule has 47 heavy (non-hydrogen) atoms. The highest BCUT2D eigenvalue weighted by Gasteiger charge is 2.46. The highest BCUT2D eigenvalue weighted by molar-refractivity contribution is 6.00. The van der Waals surface area contributed by atoms with Crippen LogP contribution in [0.4, 0.5) is 9.18 Å². The summed E-state index contributed by atoms with van der Waals surface area (Å²) in [7, 11) is 0. The summed E-state index contributed by atoms with van der Waals surface area (Å²) < 4.78 is 25.9. The van der Waals surface area contributed by atoms with Gasteiger partial charge in [-0.3, -0.25) is 14.6 Å². The molecule has 12 nitrogen and oxygen atoms in total. The van der Waals surface area contributed by atoms with Gasteiger partial charge in [-0.1, -0.05) is 6.07 Å². The Hall–Kier alpha value is -5.30. The number of benzene rings is 2. The predicted molar refractivity (Wildman–Crippen MR) is 170 cm³/mol. The minimum absolute atomic E-state index is 0.0301. The Morgan fingerprint density at radius 2 is 1.85 bits per heavy atom. The summed E-state index contributed by atoms with van der Waals surface area (Å²) in [5, 5.41) is 20.5. The van der Waals surface area contributed by atoms with Crippen LogP contribution in [0.1, 0.15) is 48.3 Å². The molecule has 2 aliphatic rings. The van der Waals surface area contributed by atoms with Gasteiger partial charge in [0, 0.05) is 41.4 Å². The fraction of sp³-hybridized carbons (Fsp3) is 0.324. The zero-order chi connectivity index (χ0) is 33.3. The van der Waals surface area contributed by atoms with E-state index < -0.39 is 28.8 Å². The molecule has 13 heteroatoms. The topological polar surface area (TPSA) is 178 Å². The Labute approximate surface area is 269 Å². The van der Waals surface area contributed by atoms with Gasteiger partial charge < -0.3 is 36.3 Å². The maximum Gasteiger partial charge on any atom is 0.312 e. The number of halogens is 1. The molecule has 2 aromatic carbocycles. The molecule has 2 atom stereocenters. The van der Waals surface area contributed by atoms with Gasteiger partial charge in [0.25, 0.3) is 5.91 Å². The molecule has 6 rings (SSSR count). The van der Waals surface area contributed by atoms with Crippen molar-refractivity contribution in [3.8, 4) is 22.8 Å². The van der Waals surface area contributed by atoms with E-state index in [0.717, 1.165) is 18.2 Å². The molecule has 1 aliphatic carbocycles. The molecule has 2 aromatic heterocycles. The summed E-state index contributed by atoms with van der Waals surface area (Å²) in [6.45, 7) is 3.19. The van der Waals surface area contributed by atoms with Crippen LogP contribution in [0.25, 0.3) is 22.2 Å². The first kappa shape index (κ1) is 31.7. The predicted octanol–water partition coefficient (Wildman–Crippen LogP) is 3.05. The van der Waals surface area contributed by atoms with Crippen molar-refractivity contribution >= 4 is 28.7 Å². The Bertz CT molecular complexity index is 1860. The second kappa shape index (κ2) is 12.5. The Morgan fingerprint density at radius 1 is 1.11 bits per heavy atom. The van der Waals surface area contributed by atoms with Crippen LogP contribution in [0.15, 0.2) is 60.8 Å². The molecule has 4 aromatic rings. The first-order chi connectivity index (χ1) is 22.4. The van der Waals surface area contributed by atoms with Crippen LogP contribution in [-0.2, 0) is 15.8 Å². The van der Waals surface area contributed by atoms with E-state index in [9.17, 15) is 23.9 Å². The van der Waals surface area contributed by atoms with Crippen molar-refractivity contribution in [2.45, 2.75) is 43.8 Å². The zero-order valence-corrected chi connectivity index (χ0v) is 25.9. The van der Waals surface area contributed by atoms with E-state index in [1.54, 1.807) is 37.4 Å². The lowest BCUT2D eigenvalue weighted by Gasteiger charge is -2.27. The normalized spacial score (nSPS) is 18.0. The molecular formula is C34H35FN6O6. The van der Waals surface area contributed by atoms with Gasteiger partial charge in [0.2, 0.25) is 5.91 Å². The number of nitrogens with zero attached hydrogens (tertiary/aromatic N) is 2. The van der Waals surface area contributed by atoms with E-state index >= 15 is 0 Å². The number of amides is 4. The number of pyridine rings is 2. The van der Waals surface area contributed by atoms with Crippen molar-refractivity contribution < 1.29 is 33.4 Å². The van der Waals surface area contributed by atoms with Gasteiger partial charge in [-0.2, -0.15) is 0 Å². The van der Waals surface area contributed by atoms with Gasteiger partial charge in [-0.15, -0.1) is 0 Å². The number of ether oxygens (including phenoxy) is 2. The summed E-state index contributed by atoms with van der Waals surface area (Å²) in [4.78, 5) is 47.0. The molecule has 0 spiro atoms. The highest BCUT2D eigenvalue weighted by atomic mass is 19.1. The third kappa shape index (κ3) is 6.66. The molecule has 4 amide bonds. The average molecular weight is 643 g/mol. The van der Waals surface area contributed by atoms with Gasteiger partial charge in [-0.25, -0.2) is 14.2 Å². The second-order valence-corrected chi connectivity index (χ2v) is 12.2. The first-order valence-corrected chi connectivity index (χ1v) is 15.3. The fourth-order valence-electron chi connectivity index (χ4n) is 5.40. The minimum atomic E-state index is -1.71. The third-order valence-electron chi connectivity index (χ3n) is 8.30. The van der Waals surface area contributed by atoms with Crippen LogP contribution in [0.2, 0.25) is 0 Å². The lowest BCUT2D eigenvalue weighted by atomic mass is 9.81. The zero-order valence-electron chi connectivity index (χ0n) is 25.9. The van der Waals surface area contributed by atoms with Gasteiger partial charge in [-0.05, 0) is 75.2 Å². The van der Waals surface area contributed by atoms with Crippen LogP contribution in [0.3, 0.4) is 0 Å².